The van der Waals surface area contributed by atoms with Gasteiger partial charge in [0.05, 0.1) is 23.5 Å². The number of hydrogen-bond acceptors (Lipinski definition) is 3. The highest BCUT2D eigenvalue weighted by Crippen LogP contribution is 2.35. The first-order valence-electron chi connectivity index (χ1n) is 11.5. The number of carbonyl (C=O) groups excluding carboxylic acids is 1. The molecule has 2 atom stereocenters. The zero-order valence-corrected chi connectivity index (χ0v) is 19.6. The number of pyridine rings is 1. The summed E-state index contributed by atoms with van der Waals surface area (Å²) < 4.78 is 0. The number of nitriles is 1. The summed E-state index contributed by atoms with van der Waals surface area (Å²) in [5.41, 5.74) is 3.62. The van der Waals surface area contributed by atoms with E-state index in [2.05, 4.69) is 24.0 Å². The van der Waals surface area contributed by atoms with Crippen LogP contribution in [0.2, 0.25) is 5.02 Å². The first-order chi connectivity index (χ1) is 16.1. The Kier molecular flexibility index (Phi) is 7.42. The van der Waals surface area contributed by atoms with Gasteiger partial charge >= 0.3 is 0 Å². The van der Waals surface area contributed by atoms with Crippen molar-refractivity contribution in [1.82, 2.24) is 4.98 Å². The van der Waals surface area contributed by atoms with Crippen molar-refractivity contribution in [2.24, 2.45) is 5.92 Å². The van der Waals surface area contributed by atoms with E-state index < -0.39 is 0 Å². The largest absolute Gasteiger partial charge is 0.307 e. The van der Waals surface area contributed by atoms with Crippen molar-refractivity contribution in [3.8, 4) is 6.07 Å². The fourth-order valence-electron chi connectivity index (χ4n) is 4.89. The normalized spacial score (nSPS) is 15.5. The van der Waals surface area contributed by atoms with Gasteiger partial charge in [-0.1, -0.05) is 48.7 Å². The quantitative estimate of drug-likeness (QED) is 0.404. The Hall–Kier alpha value is -3.16. The molecule has 0 spiro atoms. The zero-order valence-electron chi connectivity index (χ0n) is 18.8. The molecule has 0 bridgehead atoms. The molecule has 1 fully saturated rings. The molecule has 1 unspecified atom stereocenters. The molecule has 4 rings (SSSR count). The van der Waals surface area contributed by atoms with E-state index in [1.54, 1.807) is 12.4 Å². The average molecular weight is 458 g/mol. The Bertz CT molecular complexity index is 1120. The summed E-state index contributed by atoms with van der Waals surface area (Å²) in [6.45, 7) is 2.11. The Morgan fingerprint density at radius 2 is 1.91 bits per heavy atom. The average Bonchev–Trinajstić information content (AvgIpc) is 3.39. The fraction of sp³-hybridized carbons (Fsp3) is 0.321. The third kappa shape index (κ3) is 5.43. The predicted molar refractivity (Wildman–Crippen MR) is 132 cm³/mol. The summed E-state index contributed by atoms with van der Waals surface area (Å²) in [5.74, 6) is 0.213. The Morgan fingerprint density at radius 1 is 1.15 bits per heavy atom. The number of anilines is 1. The molecule has 1 heterocycles. The molecule has 5 heteroatoms. The predicted octanol–water partition coefficient (Wildman–Crippen LogP) is 6.54. The van der Waals surface area contributed by atoms with Crippen molar-refractivity contribution in [1.29, 1.82) is 5.26 Å². The summed E-state index contributed by atoms with van der Waals surface area (Å²) in [4.78, 5) is 20.0. The van der Waals surface area contributed by atoms with E-state index in [-0.39, 0.29) is 23.8 Å². The smallest absolute Gasteiger partial charge is 0.230 e. The number of benzene rings is 2. The first kappa shape index (κ1) is 23.0. The van der Waals surface area contributed by atoms with Crippen molar-refractivity contribution < 1.29 is 4.79 Å². The number of amides is 1. The van der Waals surface area contributed by atoms with Crippen LogP contribution in [0.15, 0.2) is 73.1 Å². The van der Waals surface area contributed by atoms with E-state index in [1.165, 1.54) is 0 Å². The third-order valence-electron chi connectivity index (χ3n) is 6.67. The van der Waals surface area contributed by atoms with Gasteiger partial charge < -0.3 is 4.90 Å². The van der Waals surface area contributed by atoms with Crippen LogP contribution in [-0.2, 0) is 11.2 Å². The van der Waals surface area contributed by atoms with E-state index in [1.807, 2.05) is 59.5 Å². The lowest BCUT2D eigenvalue weighted by atomic mass is 9.84. The van der Waals surface area contributed by atoms with Gasteiger partial charge in [-0.2, -0.15) is 5.26 Å². The first-order valence-corrected chi connectivity index (χ1v) is 11.9. The molecular formula is C28H28ClN3O. The van der Waals surface area contributed by atoms with Crippen LogP contribution in [-0.4, -0.2) is 16.9 Å². The van der Waals surface area contributed by atoms with Crippen molar-refractivity contribution in [3.63, 3.8) is 0 Å². The van der Waals surface area contributed by atoms with Crippen LogP contribution in [0.1, 0.15) is 55.2 Å². The second-order valence-corrected chi connectivity index (χ2v) is 9.25. The Morgan fingerprint density at radius 3 is 2.58 bits per heavy atom. The van der Waals surface area contributed by atoms with Gasteiger partial charge in [0.1, 0.15) is 0 Å². The molecule has 1 saturated carbocycles. The highest BCUT2D eigenvalue weighted by atomic mass is 35.5. The second kappa shape index (κ2) is 10.6. The van der Waals surface area contributed by atoms with Crippen molar-refractivity contribution >= 4 is 23.2 Å². The molecule has 1 aliphatic rings. The molecule has 0 saturated heterocycles. The lowest BCUT2D eigenvalue weighted by Crippen LogP contribution is -2.45. The van der Waals surface area contributed by atoms with Crippen molar-refractivity contribution in [3.05, 3.63) is 94.8 Å². The zero-order chi connectivity index (χ0) is 23.2. The standard InChI is InChI=1S/C28H28ClN3O/c1-20(32(26-10-5-15-31-19-26)28(33)23-7-2-3-8-23)27(17-21-11-13-25(29)14-12-21)24-9-4-6-22(16-24)18-30/h4-6,9-16,19-20,23,27H,2-3,7-8,17H2,1H3/t20?,27-/m1/s1. The van der Waals surface area contributed by atoms with Gasteiger partial charge in [-0.05, 0) is 73.7 Å². The minimum Gasteiger partial charge on any atom is -0.307 e. The number of rotatable bonds is 7. The maximum absolute atomic E-state index is 13.8. The number of aromatic nitrogens is 1. The lowest BCUT2D eigenvalue weighted by molar-refractivity contribution is -0.122. The molecule has 0 aliphatic heterocycles. The van der Waals surface area contributed by atoms with Gasteiger partial charge in [0.15, 0.2) is 0 Å². The highest BCUT2D eigenvalue weighted by Gasteiger charge is 2.35. The van der Waals surface area contributed by atoms with Crippen LogP contribution in [0.25, 0.3) is 0 Å². The second-order valence-electron chi connectivity index (χ2n) is 8.82. The molecule has 2 aromatic carbocycles. The minimum atomic E-state index is -0.132. The molecular weight excluding hydrogens is 430 g/mol. The molecule has 4 nitrogen and oxygen atoms in total. The molecule has 1 aliphatic carbocycles. The summed E-state index contributed by atoms with van der Waals surface area (Å²) in [6, 6.07) is 21.5. The van der Waals surface area contributed by atoms with Crippen LogP contribution < -0.4 is 4.90 Å². The van der Waals surface area contributed by atoms with Crippen LogP contribution in [0.5, 0.6) is 0 Å². The molecule has 1 aromatic heterocycles. The maximum Gasteiger partial charge on any atom is 0.230 e. The molecule has 0 radical (unpaired) electrons. The van der Waals surface area contributed by atoms with Crippen molar-refractivity contribution in [2.75, 3.05) is 4.90 Å². The molecule has 168 valence electrons. The van der Waals surface area contributed by atoms with E-state index in [0.717, 1.165) is 48.9 Å². The number of nitrogens with zero attached hydrogens (tertiary/aromatic N) is 3. The summed E-state index contributed by atoms with van der Waals surface area (Å²) in [5, 5.41) is 10.2. The van der Waals surface area contributed by atoms with Gasteiger partial charge in [0.2, 0.25) is 5.91 Å². The maximum atomic E-state index is 13.8. The number of hydrogen-bond donors (Lipinski definition) is 0. The summed E-state index contributed by atoms with van der Waals surface area (Å²) in [7, 11) is 0. The van der Waals surface area contributed by atoms with Crippen LogP contribution in [0, 0.1) is 17.2 Å². The monoisotopic (exact) mass is 457 g/mol. The van der Waals surface area contributed by atoms with Gasteiger partial charge in [-0.15, -0.1) is 0 Å². The van der Waals surface area contributed by atoms with Gasteiger partial charge in [0, 0.05) is 29.1 Å². The number of halogens is 1. The third-order valence-corrected chi connectivity index (χ3v) is 6.92. The van der Waals surface area contributed by atoms with E-state index in [4.69, 9.17) is 11.6 Å². The van der Waals surface area contributed by atoms with Gasteiger partial charge in [-0.25, -0.2) is 0 Å². The molecule has 33 heavy (non-hydrogen) atoms. The highest BCUT2D eigenvalue weighted by molar-refractivity contribution is 6.30. The van der Waals surface area contributed by atoms with Gasteiger partial charge in [0.25, 0.3) is 0 Å². The van der Waals surface area contributed by atoms with Crippen LogP contribution >= 0.6 is 11.6 Å². The Labute approximate surface area is 200 Å². The van der Waals surface area contributed by atoms with Crippen LogP contribution in [0.3, 0.4) is 0 Å². The van der Waals surface area contributed by atoms with E-state index >= 15 is 0 Å². The van der Waals surface area contributed by atoms with Gasteiger partial charge in [-0.3, -0.25) is 9.78 Å². The molecule has 1 amide bonds. The minimum absolute atomic E-state index is 0.00923. The van der Waals surface area contributed by atoms with E-state index in [0.29, 0.717) is 10.6 Å². The van der Waals surface area contributed by atoms with E-state index in [9.17, 15) is 10.1 Å². The molecule has 0 N–H and O–H groups in total. The Balaban J connectivity index is 1.75. The van der Waals surface area contributed by atoms with Crippen LogP contribution in [0.4, 0.5) is 5.69 Å². The topological polar surface area (TPSA) is 57.0 Å². The summed E-state index contributed by atoms with van der Waals surface area (Å²) >= 11 is 6.12. The molecule has 3 aromatic rings. The SMILES string of the molecule is CC([C@@H](Cc1ccc(Cl)cc1)c1cccc(C#N)c1)N(C(=O)C1CCCC1)c1cccnc1. The van der Waals surface area contributed by atoms with Crippen molar-refractivity contribution in [2.45, 2.75) is 51.0 Å². The summed E-state index contributed by atoms with van der Waals surface area (Å²) in [6.07, 6.45) is 8.31. The fourth-order valence-corrected chi connectivity index (χ4v) is 5.01. The number of carbonyl (C=O) groups is 1. The lowest BCUT2D eigenvalue weighted by Gasteiger charge is -2.37.